The number of hydrogen-bond donors (Lipinski definition) is 3. The van der Waals surface area contributed by atoms with Crippen LogP contribution in [0.25, 0.3) is 11.2 Å². The summed E-state index contributed by atoms with van der Waals surface area (Å²) in [4.78, 5) is 21.4. The minimum Gasteiger partial charge on any atom is -0.394 e. The van der Waals surface area contributed by atoms with Gasteiger partial charge in [0.2, 0.25) is 5.95 Å². The van der Waals surface area contributed by atoms with E-state index in [4.69, 9.17) is 14.7 Å². The van der Waals surface area contributed by atoms with Gasteiger partial charge >= 0.3 is 0 Å². The summed E-state index contributed by atoms with van der Waals surface area (Å²) >= 11 is 0. The molecule has 4 atom stereocenters. The van der Waals surface area contributed by atoms with Crippen molar-refractivity contribution in [3.05, 3.63) is 36.7 Å². The van der Waals surface area contributed by atoms with Gasteiger partial charge in [-0.05, 0) is 31.4 Å². The van der Waals surface area contributed by atoms with E-state index in [1.807, 2.05) is 6.07 Å². The molecule has 0 unspecified atom stereocenters. The molecule has 0 amide bonds. The van der Waals surface area contributed by atoms with Gasteiger partial charge in [0.15, 0.2) is 23.2 Å². The molecular weight excluding hydrogens is 462 g/mol. The summed E-state index contributed by atoms with van der Waals surface area (Å²) in [5.74, 6) is 1.43. The number of fused-ring (bicyclic) bond motifs is 1. The highest BCUT2D eigenvalue weighted by Gasteiger charge is 2.44. The molecule has 3 aromatic rings. The molecule has 0 aliphatic carbocycles. The van der Waals surface area contributed by atoms with Gasteiger partial charge in [0.1, 0.15) is 18.3 Å². The summed E-state index contributed by atoms with van der Waals surface area (Å²) in [5.41, 5.74) is 2.41. The van der Waals surface area contributed by atoms with Crippen LogP contribution in [0.2, 0.25) is 0 Å². The zero-order valence-electron chi connectivity index (χ0n) is 20.2. The number of para-hydroxylation sites is 1. The van der Waals surface area contributed by atoms with Crippen LogP contribution < -0.4 is 14.7 Å². The number of anilines is 3. The van der Waals surface area contributed by atoms with Crippen molar-refractivity contribution < 1.29 is 20.1 Å². The first kappa shape index (κ1) is 23.4. The molecule has 3 aliphatic rings. The Morgan fingerprint density at radius 3 is 2.25 bits per heavy atom. The second-order valence-corrected chi connectivity index (χ2v) is 9.76. The molecule has 0 spiro atoms. The van der Waals surface area contributed by atoms with E-state index in [2.05, 4.69) is 43.9 Å². The van der Waals surface area contributed by atoms with E-state index in [1.165, 1.54) is 12.1 Å². The van der Waals surface area contributed by atoms with Crippen molar-refractivity contribution in [3.8, 4) is 0 Å². The van der Waals surface area contributed by atoms with E-state index in [9.17, 15) is 15.3 Å². The van der Waals surface area contributed by atoms with Crippen molar-refractivity contribution in [1.29, 1.82) is 0 Å². The maximum absolute atomic E-state index is 10.7. The first-order valence-corrected chi connectivity index (χ1v) is 12.8. The van der Waals surface area contributed by atoms with Crippen LogP contribution in [-0.2, 0) is 4.74 Å². The summed E-state index contributed by atoms with van der Waals surface area (Å²) in [5, 5.41) is 30.5. The lowest BCUT2D eigenvalue weighted by Crippen LogP contribution is -2.47. The van der Waals surface area contributed by atoms with Crippen molar-refractivity contribution >= 4 is 28.6 Å². The van der Waals surface area contributed by atoms with E-state index < -0.39 is 24.5 Å². The lowest BCUT2D eigenvalue weighted by Gasteiger charge is -2.37. The van der Waals surface area contributed by atoms with Gasteiger partial charge < -0.3 is 34.8 Å². The van der Waals surface area contributed by atoms with Gasteiger partial charge in [0.05, 0.1) is 12.9 Å². The van der Waals surface area contributed by atoms with Gasteiger partial charge in [-0.25, -0.2) is 4.98 Å². The van der Waals surface area contributed by atoms with Crippen LogP contribution in [0, 0.1) is 0 Å². The second-order valence-electron chi connectivity index (χ2n) is 9.76. The topological polar surface area (TPSA) is 123 Å². The average molecular weight is 496 g/mol. The van der Waals surface area contributed by atoms with Gasteiger partial charge in [-0.3, -0.25) is 4.57 Å². The Morgan fingerprint density at radius 2 is 1.56 bits per heavy atom. The summed E-state index contributed by atoms with van der Waals surface area (Å²) in [6.45, 7) is 4.73. The van der Waals surface area contributed by atoms with Crippen molar-refractivity contribution in [2.45, 2.75) is 43.8 Å². The molecule has 192 valence electrons. The zero-order chi connectivity index (χ0) is 24.6. The standard InChI is InChI=1S/C25H33N7O4/c33-15-18-20(34)21(35)24(36-18)32-16-26-19-22(27-25(28-23(19)32)31-9-5-2-6-10-31)30-13-11-29(12-14-30)17-7-3-1-4-8-17/h1,3-4,7-8,16,18,20-21,24,33-35H,2,5-6,9-15H2/t18-,20-,21-,24-/m0/s1. The van der Waals surface area contributed by atoms with E-state index in [0.717, 1.165) is 57.9 Å². The molecule has 2 aromatic heterocycles. The first-order valence-electron chi connectivity index (χ1n) is 12.8. The normalized spacial score (nSPS) is 27.2. The highest BCUT2D eigenvalue weighted by molar-refractivity contribution is 5.85. The maximum Gasteiger partial charge on any atom is 0.229 e. The summed E-state index contributed by atoms with van der Waals surface area (Å²) in [6, 6.07) is 10.4. The molecule has 3 fully saturated rings. The number of piperidine rings is 1. The van der Waals surface area contributed by atoms with Crippen LogP contribution in [-0.4, -0.2) is 99.0 Å². The SMILES string of the molecule is OC[C@@H]1O[C@H](n2cnc3c(N4CCN(c5ccccc5)CC4)nc(N4CCCCC4)nc32)[C@@H](O)[C@H]1O. The van der Waals surface area contributed by atoms with Crippen molar-refractivity contribution in [2.75, 3.05) is 60.6 Å². The number of rotatable bonds is 5. The van der Waals surface area contributed by atoms with Crippen molar-refractivity contribution in [3.63, 3.8) is 0 Å². The lowest BCUT2D eigenvalue weighted by molar-refractivity contribution is -0.0511. The van der Waals surface area contributed by atoms with Gasteiger partial charge in [-0.15, -0.1) is 0 Å². The number of ether oxygens (including phenoxy) is 1. The lowest BCUT2D eigenvalue weighted by atomic mass is 10.1. The Bertz CT molecular complexity index is 1180. The number of aliphatic hydroxyl groups is 3. The molecule has 5 heterocycles. The third-order valence-electron chi connectivity index (χ3n) is 7.52. The molecule has 1 aromatic carbocycles. The van der Waals surface area contributed by atoms with Crippen molar-refractivity contribution in [2.24, 2.45) is 0 Å². The van der Waals surface area contributed by atoms with Crippen LogP contribution >= 0.6 is 0 Å². The quantitative estimate of drug-likeness (QED) is 0.467. The van der Waals surface area contributed by atoms with Crippen LogP contribution in [0.4, 0.5) is 17.5 Å². The Morgan fingerprint density at radius 1 is 0.833 bits per heavy atom. The monoisotopic (exact) mass is 495 g/mol. The molecule has 6 rings (SSSR count). The number of imidazole rings is 1. The highest BCUT2D eigenvalue weighted by atomic mass is 16.6. The van der Waals surface area contributed by atoms with E-state index in [0.29, 0.717) is 17.1 Å². The Kier molecular flexibility index (Phi) is 6.38. The number of hydrogen-bond acceptors (Lipinski definition) is 10. The summed E-state index contributed by atoms with van der Waals surface area (Å²) in [7, 11) is 0. The molecule has 0 bridgehead atoms. The van der Waals surface area contributed by atoms with Crippen LogP contribution in [0.1, 0.15) is 25.5 Å². The Hall–Kier alpha value is -2.99. The van der Waals surface area contributed by atoms with Gasteiger partial charge in [0.25, 0.3) is 0 Å². The molecule has 0 saturated carbocycles. The number of piperazine rings is 1. The fourth-order valence-corrected chi connectivity index (χ4v) is 5.46. The van der Waals surface area contributed by atoms with Crippen molar-refractivity contribution in [1.82, 2.24) is 19.5 Å². The molecule has 3 saturated heterocycles. The molecule has 0 radical (unpaired) electrons. The second kappa shape index (κ2) is 9.81. The summed E-state index contributed by atoms with van der Waals surface area (Å²) < 4.78 is 7.46. The maximum atomic E-state index is 10.7. The highest BCUT2D eigenvalue weighted by Crippen LogP contribution is 2.34. The smallest absolute Gasteiger partial charge is 0.229 e. The molecule has 36 heavy (non-hydrogen) atoms. The minimum absolute atomic E-state index is 0.383. The molecular formula is C25H33N7O4. The largest absolute Gasteiger partial charge is 0.394 e. The zero-order valence-corrected chi connectivity index (χ0v) is 20.2. The molecule has 11 nitrogen and oxygen atoms in total. The van der Waals surface area contributed by atoms with E-state index in [-0.39, 0.29) is 6.61 Å². The summed E-state index contributed by atoms with van der Waals surface area (Å²) in [6.07, 6.45) is 0.834. The average Bonchev–Trinajstić information content (AvgIpc) is 3.49. The van der Waals surface area contributed by atoms with Crippen LogP contribution in [0.3, 0.4) is 0 Å². The fraction of sp³-hybridized carbons (Fsp3) is 0.560. The fourth-order valence-electron chi connectivity index (χ4n) is 5.46. The molecule has 3 N–H and O–H groups in total. The predicted molar refractivity (Wildman–Crippen MR) is 135 cm³/mol. The molecule has 3 aliphatic heterocycles. The third kappa shape index (κ3) is 4.15. The van der Waals surface area contributed by atoms with E-state index in [1.54, 1.807) is 10.9 Å². The molecule has 11 heteroatoms. The Labute approximate surface area is 209 Å². The van der Waals surface area contributed by atoms with Gasteiger partial charge in [-0.1, -0.05) is 18.2 Å². The third-order valence-corrected chi connectivity index (χ3v) is 7.52. The number of aromatic nitrogens is 4. The predicted octanol–water partition coefficient (Wildman–Crippen LogP) is 0.755. The van der Waals surface area contributed by atoms with Crippen LogP contribution in [0.5, 0.6) is 0 Å². The van der Waals surface area contributed by atoms with Gasteiger partial charge in [0, 0.05) is 45.0 Å². The number of nitrogens with zero attached hydrogens (tertiary/aromatic N) is 7. The Balaban J connectivity index is 1.35. The van der Waals surface area contributed by atoms with Gasteiger partial charge in [-0.2, -0.15) is 9.97 Å². The minimum atomic E-state index is -1.20. The van der Waals surface area contributed by atoms with E-state index >= 15 is 0 Å². The van der Waals surface area contributed by atoms with Crippen LogP contribution in [0.15, 0.2) is 36.7 Å². The number of benzene rings is 1. The number of aliphatic hydroxyl groups excluding tert-OH is 3. The first-order chi connectivity index (χ1) is 17.6.